The minimum Gasteiger partial charge on any atom is -0.396 e. The number of carbonyl (C=O) groups is 1. The third kappa shape index (κ3) is 4.09. The van der Waals surface area contributed by atoms with E-state index in [1.807, 2.05) is 6.92 Å². The van der Waals surface area contributed by atoms with Gasteiger partial charge in [0.15, 0.2) is 5.69 Å². The van der Waals surface area contributed by atoms with Crippen LogP contribution in [0.2, 0.25) is 0 Å². The van der Waals surface area contributed by atoms with Crippen LogP contribution >= 0.6 is 0 Å². The van der Waals surface area contributed by atoms with Crippen molar-refractivity contribution in [3.8, 4) is 5.69 Å². The zero-order valence-electron chi connectivity index (χ0n) is 11.7. The Hall–Kier alpha value is -2.28. The number of hydrogen-bond donors (Lipinski definition) is 2. The summed E-state index contributed by atoms with van der Waals surface area (Å²) in [6.07, 6.45) is 2.68. The summed E-state index contributed by atoms with van der Waals surface area (Å²) in [6, 6.07) is 5.60. The normalized spacial score (nSPS) is 12.1. The first-order valence-corrected chi connectivity index (χ1v) is 6.70. The second kappa shape index (κ2) is 6.94. The Balaban J connectivity index is 2.02. The molecule has 21 heavy (non-hydrogen) atoms. The highest BCUT2D eigenvalue weighted by Gasteiger charge is 2.13. The van der Waals surface area contributed by atoms with Crippen molar-refractivity contribution in [2.24, 2.45) is 0 Å². The monoisotopic (exact) mass is 292 g/mol. The van der Waals surface area contributed by atoms with E-state index in [-0.39, 0.29) is 30.1 Å². The first-order chi connectivity index (χ1) is 10.1. The topological polar surface area (TPSA) is 80.0 Å². The van der Waals surface area contributed by atoms with Crippen LogP contribution < -0.4 is 5.32 Å². The van der Waals surface area contributed by atoms with Crippen molar-refractivity contribution < 1.29 is 14.3 Å². The quantitative estimate of drug-likeness (QED) is 0.841. The van der Waals surface area contributed by atoms with E-state index in [9.17, 15) is 9.18 Å². The lowest BCUT2D eigenvalue weighted by molar-refractivity contribution is 0.0931. The van der Waals surface area contributed by atoms with E-state index in [1.165, 1.54) is 35.3 Å². The van der Waals surface area contributed by atoms with E-state index in [2.05, 4.69) is 15.5 Å². The van der Waals surface area contributed by atoms with Gasteiger partial charge in [0.25, 0.3) is 5.91 Å². The summed E-state index contributed by atoms with van der Waals surface area (Å²) in [5, 5.41) is 19.6. The van der Waals surface area contributed by atoms with Gasteiger partial charge in [-0.05, 0) is 44.0 Å². The van der Waals surface area contributed by atoms with Crippen LogP contribution in [0.4, 0.5) is 4.39 Å². The van der Waals surface area contributed by atoms with Gasteiger partial charge in [-0.3, -0.25) is 4.79 Å². The van der Waals surface area contributed by atoms with Crippen LogP contribution in [0, 0.1) is 5.82 Å². The number of benzene rings is 1. The summed E-state index contributed by atoms with van der Waals surface area (Å²) in [4.78, 5) is 13.2. The Morgan fingerprint density at radius 3 is 2.81 bits per heavy atom. The van der Waals surface area contributed by atoms with E-state index in [0.29, 0.717) is 18.5 Å². The van der Waals surface area contributed by atoms with Crippen molar-refractivity contribution in [2.75, 3.05) is 6.61 Å². The lowest BCUT2D eigenvalue weighted by Crippen LogP contribution is -2.33. The highest BCUT2D eigenvalue weighted by molar-refractivity contribution is 5.92. The highest BCUT2D eigenvalue weighted by atomic mass is 19.1. The average Bonchev–Trinajstić information content (AvgIpc) is 2.96. The van der Waals surface area contributed by atoms with Gasteiger partial charge in [0.2, 0.25) is 0 Å². The number of amides is 1. The number of hydrogen-bond acceptors (Lipinski definition) is 4. The van der Waals surface area contributed by atoms with Crippen LogP contribution in [-0.2, 0) is 0 Å². The van der Waals surface area contributed by atoms with Crippen molar-refractivity contribution in [2.45, 2.75) is 25.8 Å². The Kier molecular flexibility index (Phi) is 4.99. The van der Waals surface area contributed by atoms with Gasteiger partial charge in [0, 0.05) is 12.6 Å². The van der Waals surface area contributed by atoms with Gasteiger partial charge in [0.1, 0.15) is 5.82 Å². The van der Waals surface area contributed by atoms with Crippen molar-refractivity contribution in [1.82, 2.24) is 20.3 Å². The molecule has 0 fully saturated rings. The Morgan fingerprint density at radius 1 is 1.43 bits per heavy atom. The zero-order valence-corrected chi connectivity index (χ0v) is 11.7. The predicted octanol–water partition coefficient (Wildman–Crippen LogP) is 1.30. The molecule has 1 atom stereocenters. The number of nitrogens with zero attached hydrogens (tertiary/aromatic N) is 3. The van der Waals surface area contributed by atoms with Gasteiger partial charge < -0.3 is 10.4 Å². The fourth-order valence-electron chi connectivity index (χ4n) is 1.83. The number of aromatic nitrogens is 3. The average molecular weight is 292 g/mol. The molecule has 0 aliphatic heterocycles. The van der Waals surface area contributed by atoms with E-state index in [1.54, 1.807) is 0 Å². The van der Waals surface area contributed by atoms with Crippen molar-refractivity contribution in [1.29, 1.82) is 0 Å². The standard InChI is InChI=1S/C14H17FN4O2/c1-10(3-2-8-20)17-14(21)13-9-16-19(18-13)12-6-4-11(15)5-7-12/h4-7,9-10,20H,2-3,8H2,1H3,(H,17,21). The zero-order chi connectivity index (χ0) is 15.2. The number of aliphatic hydroxyl groups is 1. The molecule has 112 valence electrons. The van der Waals surface area contributed by atoms with E-state index in [4.69, 9.17) is 5.11 Å². The van der Waals surface area contributed by atoms with E-state index >= 15 is 0 Å². The van der Waals surface area contributed by atoms with Crippen molar-refractivity contribution in [3.05, 3.63) is 42.0 Å². The molecule has 1 aromatic carbocycles. The number of halogens is 1. The molecule has 1 unspecified atom stereocenters. The largest absolute Gasteiger partial charge is 0.396 e. The summed E-state index contributed by atoms with van der Waals surface area (Å²) >= 11 is 0. The van der Waals surface area contributed by atoms with Gasteiger partial charge in [0.05, 0.1) is 11.9 Å². The summed E-state index contributed by atoms with van der Waals surface area (Å²) in [6.45, 7) is 1.96. The van der Waals surface area contributed by atoms with E-state index < -0.39 is 0 Å². The molecule has 6 nitrogen and oxygen atoms in total. The molecule has 1 heterocycles. The molecule has 0 bridgehead atoms. The summed E-state index contributed by atoms with van der Waals surface area (Å²) in [7, 11) is 0. The molecule has 7 heteroatoms. The lowest BCUT2D eigenvalue weighted by Gasteiger charge is -2.11. The van der Waals surface area contributed by atoms with Crippen molar-refractivity contribution >= 4 is 5.91 Å². The van der Waals surface area contributed by atoms with Crippen LogP contribution in [0.3, 0.4) is 0 Å². The molecule has 1 amide bonds. The van der Waals surface area contributed by atoms with Crippen LogP contribution in [0.1, 0.15) is 30.3 Å². The van der Waals surface area contributed by atoms with Crippen LogP contribution in [0.25, 0.3) is 5.69 Å². The number of nitrogens with one attached hydrogen (secondary N) is 1. The Bertz CT molecular complexity index is 597. The minimum atomic E-state index is -0.346. The molecule has 1 aromatic heterocycles. The molecule has 0 saturated heterocycles. The molecular weight excluding hydrogens is 275 g/mol. The first-order valence-electron chi connectivity index (χ1n) is 6.70. The number of rotatable bonds is 6. The molecule has 0 spiro atoms. The second-order valence-electron chi connectivity index (χ2n) is 4.74. The lowest BCUT2D eigenvalue weighted by atomic mass is 10.2. The van der Waals surface area contributed by atoms with Crippen molar-refractivity contribution in [3.63, 3.8) is 0 Å². The molecule has 0 saturated carbocycles. The molecule has 2 rings (SSSR count). The molecule has 2 N–H and O–H groups in total. The minimum absolute atomic E-state index is 0.0550. The van der Waals surface area contributed by atoms with E-state index in [0.717, 1.165) is 0 Å². The molecular formula is C14H17FN4O2. The molecule has 0 aliphatic rings. The fourth-order valence-corrected chi connectivity index (χ4v) is 1.83. The summed E-state index contributed by atoms with van der Waals surface area (Å²) < 4.78 is 12.8. The number of carbonyl (C=O) groups excluding carboxylic acids is 1. The summed E-state index contributed by atoms with van der Waals surface area (Å²) in [5.74, 6) is -0.671. The number of aliphatic hydroxyl groups excluding tert-OH is 1. The van der Waals surface area contributed by atoms with Gasteiger partial charge in [-0.15, -0.1) is 5.10 Å². The van der Waals surface area contributed by atoms with Crippen LogP contribution in [0.5, 0.6) is 0 Å². The molecule has 2 aromatic rings. The Morgan fingerprint density at radius 2 is 2.14 bits per heavy atom. The SMILES string of the molecule is CC(CCCO)NC(=O)c1cnn(-c2ccc(F)cc2)n1. The maximum Gasteiger partial charge on any atom is 0.273 e. The van der Waals surface area contributed by atoms with Gasteiger partial charge in [-0.25, -0.2) is 4.39 Å². The predicted molar refractivity (Wildman–Crippen MR) is 74.6 cm³/mol. The smallest absolute Gasteiger partial charge is 0.273 e. The molecule has 0 aliphatic carbocycles. The highest BCUT2D eigenvalue weighted by Crippen LogP contribution is 2.07. The molecule has 0 radical (unpaired) electrons. The van der Waals surface area contributed by atoms with Gasteiger partial charge in [-0.2, -0.15) is 9.90 Å². The third-order valence-electron chi connectivity index (χ3n) is 2.95. The maximum absolute atomic E-state index is 12.8. The fraction of sp³-hybridized carbons (Fsp3) is 0.357. The second-order valence-corrected chi connectivity index (χ2v) is 4.74. The van der Waals surface area contributed by atoms with Gasteiger partial charge in [-0.1, -0.05) is 0 Å². The van der Waals surface area contributed by atoms with Crippen LogP contribution in [-0.4, -0.2) is 38.7 Å². The first kappa shape index (κ1) is 15.1. The third-order valence-corrected chi connectivity index (χ3v) is 2.95. The Labute approximate surface area is 121 Å². The van der Waals surface area contributed by atoms with Crippen LogP contribution in [0.15, 0.2) is 30.5 Å². The van der Waals surface area contributed by atoms with Gasteiger partial charge >= 0.3 is 0 Å². The maximum atomic E-state index is 12.8. The summed E-state index contributed by atoms with van der Waals surface area (Å²) in [5.41, 5.74) is 0.763.